The molecular weight excluding hydrogens is 228 g/mol. The van der Waals surface area contributed by atoms with Crippen molar-refractivity contribution in [3.05, 3.63) is 0 Å². The maximum Gasteiger partial charge on any atom is 0.279 e. The van der Waals surface area contributed by atoms with Crippen molar-refractivity contribution < 1.29 is 13.5 Å². The van der Waals surface area contributed by atoms with Crippen molar-refractivity contribution in [2.45, 2.75) is 45.1 Å². The molecule has 1 saturated heterocycles. The van der Waals surface area contributed by atoms with Crippen LogP contribution in [0.4, 0.5) is 0 Å². The minimum Gasteiger partial charge on any atom is -0.392 e. The fourth-order valence-corrected chi connectivity index (χ4v) is 3.04. The summed E-state index contributed by atoms with van der Waals surface area (Å²) in [7, 11) is -3.39. The number of nitrogens with zero attached hydrogens (tertiary/aromatic N) is 1. The van der Waals surface area contributed by atoms with Crippen LogP contribution in [0.15, 0.2) is 0 Å². The van der Waals surface area contributed by atoms with Crippen LogP contribution in [0, 0.1) is 0 Å². The Bertz CT molecular complexity index is 284. The lowest BCUT2D eigenvalue weighted by atomic mass is 10.2. The van der Waals surface area contributed by atoms with Gasteiger partial charge in [-0.05, 0) is 19.3 Å². The van der Waals surface area contributed by atoms with Crippen LogP contribution >= 0.6 is 0 Å². The van der Waals surface area contributed by atoms with Gasteiger partial charge in [-0.15, -0.1) is 0 Å². The van der Waals surface area contributed by atoms with Crippen molar-refractivity contribution in [3.8, 4) is 0 Å². The highest BCUT2D eigenvalue weighted by Crippen LogP contribution is 2.12. The summed E-state index contributed by atoms with van der Waals surface area (Å²) in [5.74, 6) is 0. The first kappa shape index (κ1) is 13.9. The molecular formula is C10H22N2O3S. The van der Waals surface area contributed by atoms with Gasteiger partial charge in [0.2, 0.25) is 0 Å². The van der Waals surface area contributed by atoms with E-state index in [-0.39, 0.29) is 6.54 Å². The van der Waals surface area contributed by atoms with E-state index in [1.807, 2.05) is 6.92 Å². The van der Waals surface area contributed by atoms with E-state index in [9.17, 15) is 13.5 Å². The molecule has 1 unspecified atom stereocenters. The molecule has 1 aliphatic rings. The van der Waals surface area contributed by atoms with Gasteiger partial charge in [0.15, 0.2) is 0 Å². The van der Waals surface area contributed by atoms with Gasteiger partial charge in [-0.2, -0.15) is 17.4 Å². The summed E-state index contributed by atoms with van der Waals surface area (Å²) >= 11 is 0. The van der Waals surface area contributed by atoms with Crippen LogP contribution in [-0.4, -0.2) is 43.6 Å². The molecule has 96 valence electrons. The molecule has 16 heavy (non-hydrogen) atoms. The summed E-state index contributed by atoms with van der Waals surface area (Å²) in [6.45, 7) is 3.12. The molecule has 0 aromatic heterocycles. The molecule has 1 heterocycles. The first-order valence-corrected chi connectivity index (χ1v) is 7.43. The van der Waals surface area contributed by atoms with Gasteiger partial charge in [-0.1, -0.05) is 19.8 Å². The number of rotatable bonds is 5. The summed E-state index contributed by atoms with van der Waals surface area (Å²) in [5.41, 5.74) is 0. The molecule has 1 atom stereocenters. The van der Waals surface area contributed by atoms with E-state index in [0.29, 0.717) is 19.5 Å². The maximum atomic E-state index is 11.9. The molecule has 0 aliphatic carbocycles. The summed E-state index contributed by atoms with van der Waals surface area (Å²) in [6, 6.07) is 0. The largest absolute Gasteiger partial charge is 0.392 e. The van der Waals surface area contributed by atoms with Gasteiger partial charge in [-0.25, -0.2) is 0 Å². The third-order valence-electron chi connectivity index (χ3n) is 2.88. The van der Waals surface area contributed by atoms with E-state index in [1.165, 1.54) is 4.31 Å². The SMILES string of the molecule is CCC(O)CNS(=O)(=O)N1CCCCCC1. The molecule has 0 spiro atoms. The van der Waals surface area contributed by atoms with Crippen LogP contribution in [-0.2, 0) is 10.2 Å². The number of hydrogen-bond acceptors (Lipinski definition) is 3. The second-order valence-electron chi connectivity index (χ2n) is 4.23. The predicted octanol–water partition coefficient (Wildman–Crippen LogP) is 0.468. The predicted molar refractivity (Wildman–Crippen MR) is 63.3 cm³/mol. The van der Waals surface area contributed by atoms with Crippen LogP contribution in [0.5, 0.6) is 0 Å². The quantitative estimate of drug-likeness (QED) is 0.745. The Balaban J connectivity index is 2.48. The lowest BCUT2D eigenvalue weighted by Gasteiger charge is -2.21. The molecule has 0 saturated carbocycles. The lowest BCUT2D eigenvalue weighted by molar-refractivity contribution is 0.173. The smallest absolute Gasteiger partial charge is 0.279 e. The minimum absolute atomic E-state index is 0.106. The molecule has 0 aromatic rings. The Morgan fingerprint density at radius 3 is 2.31 bits per heavy atom. The standard InChI is InChI=1S/C10H22N2O3S/c1-2-10(13)9-11-16(14,15)12-7-5-3-4-6-8-12/h10-11,13H,2-9H2,1H3. The molecule has 5 nitrogen and oxygen atoms in total. The molecule has 0 aromatic carbocycles. The van der Waals surface area contributed by atoms with E-state index in [0.717, 1.165) is 25.7 Å². The zero-order valence-corrected chi connectivity index (χ0v) is 10.7. The van der Waals surface area contributed by atoms with Gasteiger partial charge in [0, 0.05) is 19.6 Å². The zero-order valence-electron chi connectivity index (χ0n) is 9.85. The van der Waals surface area contributed by atoms with E-state index < -0.39 is 16.3 Å². The first-order chi connectivity index (χ1) is 7.56. The Hall–Kier alpha value is -0.170. The highest BCUT2D eigenvalue weighted by Gasteiger charge is 2.22. The summed E-state index contributed by atoms with van der Waals surface area (Å²) < 4.78 is 27.7. The molecule has 0 bridgehead atoms. The lowest BCUT2D eigenvalue weighted by Crippen LogP contribution is -2.43. The van der Waals surface area contributed by atoms with Crippen molar-refractivity contribution in [1.29, 1.82) is 0 Å². The van der Waals surface area contributed by atoms with E-state index in [1.54, 1.807) is 0 Å². The highest BCUT2D eigenvalue weighted by molar-refractivity contribution is 7.87. The van der Waals surface area contributed by atoms with Crippen LogP contribution in [0.2, 0.25) is 0 Å². The fourth-order valence-electron chi connectivity index (χ4n) is 1.72. The summed E-state index contributed by atoms with van der Waals surface area (Å²) in [5, 5.41) is 9.33. The van der Waals surface area contributed by atoms with Gasteiger partial charge in [0.25, 0.3) is 10.2 Å². The summed E-state index contributed by atoms with van der Waals surface area (Å²) in [4.78, 5) is 0. The highest BCUT2D eigenvalue weighted by atomic mass is 32.2. The first-order valence-electron chi connectivity index (χ1n) is 5.99. The van der Waals surface area contributed by atoms with E-state index in [2.05, 4.69) is 4.72 Å². The second-order valence-corrected chi connectivity index (χ2v) is 5.98. The van der Waals surface area contributed by atoms with Crippen molar-refractivity contribution in [2.24, 2.45) is 0 Å². The number of aliphatic hydroxyl groups excluding tert-OH is 1. The Labute approximate surface area is 98.0 Å². The average molecular weight is 250 g/mol. The monoisotopic (exact) mass is 250 g/mol. The van der Waals surface area contributed by atoms with Crippen molar-refractivity contribution in [2.75, 3.05) is 19.6 Å². The van der Waals surface area contributed by atoms with Gasteiger partial charge in [0.05, 0.1) is 6.10 Å². The van der Waals surface area contributed by atoms with Crippen molar-refractivity contribution >= 4 is 10.2 Å². The molecule has 1 aliphatic heterocycles. The molecule has 6 heteroatoms. The topological polar surface area (TPSA) is 69.6 Å². The van der Waals surface area contributed by atoms with E-state index in [4.69, 9.17) is 0 Å². The van der Waals surface area contributed by atoms with Crippen molar-refractivity contribution in [1.82, 2.24) is 9.03 Å². The minimum atomic E-state index is -3.39. The molecule has 0 radical (unpaired) electrons. The Morgan fingerprint density at radius 2 is 1.81 bits per heavy atom. The van der Waals surface area contributed by atoms with Gasteiger partial charge in [0.1, 0.15) is 0 Å². The van der Waals surface area contributed by atoms with Gasteiger partial charge < -0.3 is 5.11 Å². The van der Waals surface area contributed by atoms with Crippen molar-refractivity contribution in [3.63, 3.8) is 0 Å². The zero-order chi connectivity index (χ0) is 12.0. The number of hydrogen-bond donors (Lipinski definition) is 2. The number of aliphatic hydroxyl groups is 1. The molecule has 1 rings (SSSR count). The van der Waals surface area contributed by atoms with Crippen LogP contribution < -0.4 is 4.72 Å². The van der Waals surface area contributed by atoms with Crippen LogP contribution in [0.3, 0.4) is 0 Å². The third-order valence-corrected chi connectivity index (χ3v) is 4.45. The normalized spacial score (nSPS) is 21.6. The Morgan fingerprint density at radius 1 is 1.25 bits per heavy atom. The maximum absolute atomic E-state index is 11.9. The summed E-state index contributed by atoms with van der Waals surface area (Å²) in [6.07, 6.45) is 4.02. The van der Waals surface area contributed by atoms with Crippen LogP contribution in [0.1, 0.15) is 39.0 Å². The van der Waals surface area contributed by atoms with Crippen LogP contribution in [0.25, 0.3) is 0 Å². The average Bonchev–Trinajstić information content (AvgIpc) is 2.54. The van der Waals surface area contributed by atoms with E-state index >= 15 is 0 Å². The molecule has 2 N–H and O–H groups in total. The third kappa shape index (κ3) is 4.37. The Kier molecular flexibility index (Phi) is 5.68. The molecule has 0 amide bonds. The van der Waals surface area contributed by atoms with Gasteiger partial charge in [-0.3, -0.25) is 0 Å². The molecule has 1 fully saturated rings. The second kappa shape index (κ2) is 6.54. The van der Waals surface area contributed by atoms with Gasteiger partial charge >= 0.3 is 0 Å². The number of nitrogens with one attached hydrogen (secondary N) is 1. The fraction of sp³-hybridized carbons (Fsp3) is 1.00.